The molecule has 0 saturated heterocycles. The number of aliphatic hydroxyl groups is 1. The molecule has 4 rings (SSSR count). The second-order valence-corrected chi connectivity index (χ2v) is 4.99. The first-order chi connectivity index (χ1) is 9.84. The molecule has 2 nitrogen and oxygen atoms in total. The van der Waals surface area contributed by atoms with Crippen LogP contribution in [-0.4, -0.2) is 10.1 Å². The largest absolute Gasteiger partial charge is 0.384 e. The van der Waals surface area contributed by atoms with E-state index in [-0.39, 0.29) is 0 Å². The molecule has 0 saturated carbocycles. The highest BCUT2D eigenvalue weighted by molar-refractivity contribution is 5.97. The van der Waals surface area contributed by atoms with Crippen molar-refractivity contribution in [2.24, 2.45) is 0 Å². The molecular formula is C18H13NO. The summed E-state index contributed by atoms with van der Waals surface area (Å²) in [5.74, 6) is 0. The van der Waals surface area contributed by atoms with Gasteiger partial charge in [0.2, 0.25) is 0 Å². The number of aromatic nitrogens is 1. The van der Waals surface area contributed by atoms with E-state index in [4.69, 9.17) is 0 Å². The van der Waals surface area contributed by atoms with E-state index in [0.29, 0.717) is 0 Å². The van der Waals surface area contributed by atoms with Gasteiger partial charge in [-0.15, -0.1) is 0 Å². The van der Waals surface area contributed by atoms with Crippen molar-refractivity contribution in [2.75, 3.05) is 0 Å². The molecule has 0 fully saturated rings. The third-order valence-corrected chi connectivity index (χ3v) is 3.82. The number of benzene rings is 2. The van der Waals surface area contributed by atoms with Crippen molar-refractivity contribution in [1.29, 1.82) is 0 Å². The highest BCUT2D eigenvalue weighted by Gasteiger charge is 2.23. The van der Waals surface area contributed by atoms with E-state index in [1.165, 1.54) is 0 Å². The van der Waals surface area contributed by atoms with Crippen molar-refractivity contribution in [3.63, 3.8) is 0 Å². The maximum Gasteiger partial charge on any atom is 0.0987 e. The number of nitrogens with zero attached hydrogens (tertiary/aromatic N) is 1. The summed E-state index contributed by atoms with van der Waals surface area (Å²) in [6.45, 7) is 0. The van der Waals surface area contributed by atoms with Gasteiger partial charge in [-0.2, -0.15) is 0 Å². The average molecular weight is 259 g/mol. The lowest BCUT2D eigenvalue weighted by Crippen LogP contribution is -1.92. The zero-order valence-corrected chi connectivity index (χ0v) is 10.8. The number of pyridine rings is 1. The SMILES string of the molecule is OC1C=C(c2nccc3ccccc23)c2ccccc21. The Morgan fingerprint density at radius 3 is 2.65 bits per heavy atom. The summed E-state index contributed by atoms with van der Waals surface area (Å²) in [7, 11) is 0. The van der Waals surface area contributed by atoms with E-state index in [1.54, 1.807) is 0 Å². The van der Waals surface area contributed by atoms with Gasteiger partial charge >= 0.3 is 0 Å². The lowest BCUT2D eigenvalue weighted by molar-refractivity contribution is 0.232. The van der Waals surface area contributed by atoms with Crippen molar-refractivity contribution in [2.45, 2.75) is 6.10 Å². The summed E-state index contributed by atoms with van der Waals surface area (Å²) in [5, 5.41) is 12.5. The van der Waals surface area contributed by atoms with Gasteiger partial charge in [0.25, 0.3) is 0 Å². The molecule has 96 valence electrons. The van der Waals surface area contributed by atoms with Crippen molar-refractivity contribution in [3.8, 4) is 0 Å². The summed E-state index contributed by atoms with van der Waals surface area (Å²) in [5.41, 5.74) is 3.98. The van der Waals surface area contributed by atoms with E-state index in [1.807, 2.05) is 54.7 Å². The van der Waals surface area contributed by atoms with Crippen molar-refractivity contribution < 1.29 is 5.11 Å². The molecule has 0 radical (unpaired) electrons. The molecular weight excluding hydrogens is 246 g/mol. The minimum Gasteiger partial charge on any atom is -0.384 e. The molecule has 0 aliphatic heterocycles. The zero-order valence-electron chi connectivity index (χ0n) is 10.8. The topological polar surface area (TPSA) is 33.1 Å². The van der Waals surface area contributed by atoms with Crippen LogP contribution in [0.1, 0.15) is 22.9 Å². The molecule has 0 bridgehead atoms. The Kier molecular flexibility index (Phi) is 2.44. The third-order valence-electron chi connectivity index (χ3n) is 3.82. The van der Waals surface area contributed by atoms with Crippen LogP contribution < -0.4 is 0 Å². The molecule has 1 aliphatic rings. The van der Waals surface area contributed by atoms with Crippen LogP contribution in [0.2, 0.25) is 0 Å². The second kappa shape index (κ2) is 4.29. The van der Waals surface area contributed by atoms with Crippen LogP contribution >= 0.6 is 0 Å². The maximum absolute atomic E-state index is 10.2. The first kappa shape index (κ1) is 11.4. The maximum atomic E-state index is 10.2. The number of hydrogen-bond acceptors (Lipinski definition) is 2. The van der Waals surface area contributed by atoms with E-state index >= 15 is 0 Å². The van der Waals surface area contributed by atoms with Crippen molar-refractivity contribution >= 4 is 16.3 Å². The van der Waals surface area contributed by atoms with Crippen molar-refractivity contribution in [3.05, 3.63) is 83.7 Å². The molecule has 1 unspecified atom stereocenters. The van der Waals surface area contributed by atoms with Crippen LogP contribution in [0.25, 0.3) is 16.3 Å². The fourth-order valence-corrected chi connectivity index (χ4v) is 2.88. The number of aliphatic hydroxyl groups excluding tert-OH is 1. The van der Waals surface area contributed by atoms with Crippen LogP contribution in [0.4, 0.5) is 0 Å². The molecule has 1 N–H and O–H groups in total. The van der Waals surface area contributed by atoms with E-state index < -0.39 is 6.10 Å². The van der Waals surface area contributed by atoms with Gasteiger partial charge in [-0.1, -0.05) is 48.5 Å². The van der Waals surface area contributed by atoms with E-state index in [0.717, 1.165) is 33.2 Å². The monoisotopic (exact) mass is 259 g/mol. The average Bonchev–Trinajstić information content (AvgIpc) is 2.84. The Bertz CT molecular complexity index is 830. The molecule has 1 atom stereocenters. The first-order valence-electron chi connectivity index (χ1n) is 6.68. The molecule has 1 heterocycles. The molecule has 1 aliphatic carbocycles. The van der Waals surface area contributed by atoms with Crippen LogP contribution in [-0.2, 0) is 0 Å². The van der Waals surface area contributed by atoms with Crippen LogP contribution in [0.5, 0.6) is 0 Å². The number of rotatable bonds is 1. The van der Waals surface area contributed by atoms with Gasteiger partial charge in [0.1, 0.15) is 0 Å². The lowest BCUT2D eigenvalue weighted by atomic mass is 9.99. The van der Waals surface area contributed by atoms with Crippen molar-refractivity contribution in [1.82, 2.24) is 4.98 Å². The van der Waals surface area contributed by atoms with Crippen LogP contribution in [0, 0.1) is 0 Å². The van der Waals surface area contributed by atoms with E-state index in [2.05, 4.69) is 17.1 Å². The lowest BCUT2D eigenvalue weighted by Gasteiger charge is -2.08. The highest BCUT2D eigenvalue weighted by atomic mass is 16.3. The minimum absolute atomic E-state index is 0.540. The Morgan fingerprint density at radius 1 is 0.900 bits per heavy atom. The van der Waals surface area contributed by atoms with Crippen LogP contribution in [0.15, 0.2) is 66.9 Å². The third kappa shape index (κ3) is 1.59. The van der Waals surface area contributed by atoms with Gasteiger partial charge in [-0.3, -0.25) is 4.98 Å². The summed E-state index contributed by atoms with van der Waals surface area (Å²) in [6.07, 6.45) is 3.17. The first-order valence-corrected chi connectivity index (χ1v) is 6.68. The van der Waals surface area contributed by atoms with Gasteiger partial charge in [-0.25, -0.2) is 0 Å². The van der Waals surface area contributed by atoms with E-state index in [9.17, 15) is 5.11 Å². The van der Waals surface area contributed by atoms with Crippen LogP contribution in [0.3, 0.4) is 0 Å². The smallest absolute Gasteiger partial charge is 0.0987 e. The zero-order chi connectivity index (χ0) is 13.5. The van der Waals surface area contributed by atoms with Gasteiger partial charge in [0, 0.05) is 17.2 Å². The quantitative estimate of drug-likeness (QED) is 0.722. The highest BCUT2D eigenvalue weighted by Crippen LogP contribution is 2.39. The Hall–Kier alpha value is -2.45. The fraction of sp³-hybridized carbons (Fsp3) is 0.0556. The van der Waals surface area contributed by atoms with Gasteiger partial charge in [0.15, 0.2) is 0 Å². The van der Waals surface area contributed by atoms with Gasteiger partial charge < -0.3 is 5.11 Å². The molecule has 3 aromatic rings. The summed E-state index contributed by atoms with van der Waals surface area (Å²) in [6, 6.07) is 18.2. The second-order valence-electron chi connectivity index (χ2n) is 4.99. The molecule has 20 heavy (non-hydrogen) atoms. The Morgan fingerprint density at radius 2 is 1.70 bits per heavy atom. The fourth-order valence-electron chi connectivity index (χ4n) is 2.88. The molecule has 1 aromatic heterocycles. The Labute approximate surface area is 117 Å². The normalized spacial score (nSPS) is 17.1. The predicted octanol–water partition coefficient (Wildman–Crippen LogP) is 3.71. The van der Waals surface area contributed by atoms with Gasteiger partial charge in [0.05, 0.1) is 11.8 Å². The molecule has 0 spiro atoms. The summed E-state index contributed by atoms with van der Waals surface area (Å²) in [4.78, 5) is 4.54. The molecule has 0 amide bonds. The summed E-state index contributed by atoms with van der Waals surface area (Å²) < 4.78 is 0. The standard InChI is InChI=1S/C18H13NO/c20-17-11-16(14-7-3-4-8-15(14)17)18-13-6-2-1-5-12(13)9-10-19-18/h1-11,17,20H. The Balaban J connectivity index is 2.00. The predicted molar refractivity (Wildman–Crippen MR) is 80.2 cm³/mol. The summed E-state index contributed by atoms with van der Waals surface area (Å²) >= 11 is 0. The molecule has 2 aromatic carbocycles. The minimum atomic E-state index is -0.540. The number of fused-ring (bicyclic) bond motifs is 2. The molecule has 2 heteroatoms. The number of hydrogen-bond donors (Lipinski definition) is 1. The van der Waals surface area contributed by atoms with Gasteiger partial charge in [-0.05, 0) is 28.7 Å².